The lowest BCUT2D eigenvalue weighted by atomic mass is 10.0. The first-order valence-electron chi connectivity index (χ1n) is 6.95. The molecule has 2 rings (SSSR count). The number of benzene rings is 2. The Morgan fingerprint density at radius 2 is 1.68 bits per heavy atom. The minimum atomic E-state index is -1.47. The van der Waals surface area contributed by atoms with Gasteiger partial charge in [-0.1, -0.05) is 54.6 Å². The second kappa shape index (κ2) is 7.22. The molecular formula is C18H17NO3. The van der Waals surface area contributed by atoms with Crippen LogP contribution < -0.4 is 4.90 Å². The van der Waals surface area contributed by atoms with Crippen molar-refractivity contribution in [2.45, 2.75) is 6.42 Å². The molecule has 112 valence electrons. The highest BCUT2D eigenvalue weighted by Gasteiger charge is 2.24. The van der Waals surface area contributed by atoms with Crippen LogP contribution in [0.2, 0.25) is 0 Å². The smallest absolute Gasteiger partial charge is 0.394 e. The Morgan fingerprint density at radius 3 is 2.32 bits per heavy atom. The third-order valence-electron chi connectivity index (χ3n) is 3.26. The number of carbonyl (C=O) groups is 2. The maximum Gasteiger partial charge on any atom is 0.394 e. The average molecular weight is 295 g/mol. The number of carboxylic acids is 1. The van der Waals surface area contributed by atoms with Gasteiger partial charge in [-0.15, -0.1) is 6.58 Å². The second-order valence-electron chi connectivity index (χ2n) is 4.72. The monoisotopic (exact) mass is 295 g/mol. The Labute approximate surface area is 129 Å². The van der Waals surface area contributed by atoms with Crippen LogP contribution in [0.15, 0.2) is 67.3 Å². The van der Waals surface area contributed by atoms with Gasteiger partial charge in [0.15, 0.2) is 0 Å². The van der Waals surface area contributed by atoms with Gasteiger partial charge in [-0.25, -0.2) is 4.79 Å². The van der Waals surface area contributed by atoms with Gasteiger partial charge >= 0.3 is 11.9 Å². The minimum Gasteiger partial charge on any atom is -0.474 e. The molecule has 2 aromatic carbocycles. The van der Waals surface area contributed by atoms with Crippen LogP contribution >= 0.6 is 0 Å². The topological polar surface area (TPSA) is 57.6 Å². The molecule has 1 amide bonds. The van der Waals surface area contributed by atoms with Crippen molar-refractivity contribution in [1.82, 2.24) is 0 Å². The lowest BCUT2D eigenvalue weighted by Crippen LogP contribution is -2.37. The predicted octanol–water partition coefficient (Wildman–Crippen LogP) is 3.35. The van der Waals surface area contributed by atoms with Crippen molar-refractivity contribution in [2.75, 3.05) is 11.4 Å². The Balaban J connectivity index is 2.50. The van der Waals surface area contributed by atoms with E-state index in [0.717, 1.165) is 11.1 Å². The van der Waals surface area contributed by atoms with Crippen LogP contribution in [-0.2, 0) is 9.59 Å². The number of nitrogens with zero attached hydrogens (tertiary/aromatic N) is 1. The van der Waals surface area contributed by atoms with Crippen molar-refractivity contribution in [2.24, 2.45) is 0 Å². The number of para-hydroxylation sites is 1. The van der Waals surface area contributed by atoms with E-state index in [2.05, 4.69) is 6.58 Å². The number of amides is 1. The molecule has 1 N–H and O–H groups in total. The molecule has 0 fully saturated rings. The summed E-state index contributed by atoms with van der Waals surface area (Å²) in [7, 11) is 0. The van der Waals surface area contributed by atoms with Crippen molar-refractivity contribution in [3.05, 3.63) is 67.3 Å². The van der Waals surface area contributed by atoms with Gasteiger partial charge in [-0.2, -0.15) is 0 Å². The first-order valence-corrected chi connectivity index (χ1v) is 6.95. The first kappa shape index (κ1) is 15.5. The van der Waals surface area contributed by atoms with Gasteiger partial charge in [0, 0.05) is 12.1 Å². The van der Waals surface area contributed by atoms with Crippen molar-refractivity contribution < 1.29 is 14.7 Å². The van der Waals surface area contributed by atoms with Crippen LogP contribution in [0.25, 0.3) is 11.1 Å². The predicted molar refractivity (Wildman–Crippen MR) is 86.7 cm³/mol. The van der Waals surface area contributed by atoms with E-state index < -0.39 is 11.9 Å². The summed E-state index contributed by atoms with van der Waals surface area (Å²) in [5.74, 6) is -2.41. The molecule has 0 aliphatic rings. The van der Waals surface area contributed by atoms with Crippen molar-refractivity contribution >= 4 is 17.6 Å². The molecule has 0 spiro atoms. The molecule has 0 saturated heterocycles. The van der Waals surface area contributed by atoms with E-state index in [1.807, 2.05) is 42.5 Å². The molecule has 0 heterocycles. The summed E-state index contributed by atoms with van der Waals surface area (Å²) >= 11 is 0. The standard InChI is InChI=1S/C18H17NO3/c1-2-3-13-19(17(20)18(21)22)16-12-8-7-11-15(16)14-9-5-4-6-10-14/h2,4-12H,1,3,13H2,(H,21,22). The van der Waals surface area contributed by atoms with Gasteiger partial charge < -0.3 is 10.0 Å². The molecule has 0 aliphatic heterocycles. The first-order chi connectivity index (χ1) is 10.6. The molecule has 0 atom stereocenters. The van der Waals surface area contributed by atoms with E-state index >= 15 is 0 Å². The SMILES string of the molecule is C=CCCN(C(=O)C(=O)O)c1ccccc1-c1ccccc1. The maximum atomic E-state index is 12.0. The summed E-state index contributed by atoms with van der Waals surface area (Å²) in [5.41, 5.74) is 2.34. The number of hydrogen-bond acceptors (Lipinski definition) is 2. The lowest BCUT2D eigenvalue weighted by molar-refractivity contribution is -0.148. The zero-order chi connectivity index (χ0) is 15.9. The molecule has 0 aromatic heterocycles. The summed E-state index contributed by atoms with van der Waals surface area (Å²) in [5, 5.41) is 9.06. The van der Waals surface area contributed by atoms with E-state index in [9.17, 15) is 9.59 Å². The molecule has 4 heteroatoms. The third-order valence-corrected chi connectivity index (χ3v) is 3.26. The highest BCUT2D eigenvalue weighted by molar-refractivity contribution is 6.37. The highest BCUT2D eigenvalue weighted by Crippen LogP contribution is 2.30. The number of carbonyl (C=O) groups excluding carboxylic acids is 1. The van der Waals surface area contributed by atoms with E-state index in [1.54, 1.807) is 18.2 Å². The number of carboxylic acid groups (broad SMARTS) is 1. The number of aliphatic carboxylic acids is 1. The second-order valence-corrected chi connectivity index (χ2v) is 4.72. The van der Waals surface area contributed by atoms with Gasteiger partial charge in [-0.3, -0.25) is 4.79 Å². The molecule has 0 radical (unpaired) electrons. The van der Waals surface area contributed by atoms with Crippen LogP contribution in [0.3, 0.4) is 0 Å². The summed E-state index contributed by atoms with van der Waals surface area (Å²) in [6.07, 6.45) is 2.18. The molecule has 4 nitrogen and oxygen atoms in total. The lowest BCUT2D eigenvalue weighted by Gasteiger charge is -2.23. The van der Waals surface area contributed by atoms with Crippen molar-refractivity contribution in [3.8, 4) is 11.1 Å². The zero-order valence-corrected chi connectivity index (χ0v) is 12.1. The molecular weight excluding hydrogens is 278 g/mol. The molecule has 0 aliphatic carbocycles. The fraction of sp³-hybridized carbons (Fsp3) is 0.111. The summed E-state index contributed by atoms with van der Waals surface area (Å²) in [4.78, 5) is 24.4. The van der Waals surface area contributed by atoms with E-state index in [1.165, 1.54) is 4.90 Å². The average Bonchev–Trinajstić information content (AvgIpc) is 2.56. The minimum absolute atomic E-state index is 0.276. The molecule has 2 aromatic rings. The van der Waals surface area contributed by atoms with Crippen molar-refractivity contribution in [3.63, 3.8) is 0 Å². The molecule has 22 heavy (non-hydrogen) atoms. The van der Waals surface area contributed by atoms with Gasteiger partial charge in [0.1, 0.15) is 0 Å². The molecule has 0 unspecified atom stereocenters. The third kappa shape index (κ3) is 3.41. The van der Waals surface area contributed by atoms with E-state index in [-0.39, 0.29) is 6.54 Å². The Kier molecular flexibility index (Phi) is 5.09. The van der Waals surface area contributed by atoms with E-state index in [0.29, 0.717) is 12.1 Å². The summed E-state index contributed by atoms with van der Waals surface area (Å²) in [6, 6.07) is 16.8. The highest BCUT2D eigenvalue weighted by atomic mass is 16.4. The van der Waals surface area contributed by atoms with E-state index in [4.69, 9.17) is 5.11 Å². The molecule has 0 bridgehead atoms. The van der Waals surface area contributed by atoms with Crippen LogP contribution in [0.4, 0.5) is 5.69 Å². The van der Waals surface area contributed by atoms with Crippen LogP contribution in [0.5, 0.6) is 0 Å². The quantitative estimate of drug-likeness (QED) is 0.680. The van der Waals surface area contributed by atoms with Crippen LogP contribution in [0.1, 0.15) is 6.42 Å². The molecule has 0 saturated carbocycles. The zero-order valence-electron chi connectivity index (χ0n) is 12.1. The van der Waals surface area contributed by atoms with Crippen LogP contribution in [-0.4, -0.2) is 23.5 Å². The van der Waals surface area contributed by atoms with Gasteiger partial charge in [0.05, 0.1) is 5.69 Å². The van der Waals surface area contributed by atoms with Gasteiger partial charge in [0.2, 0.25) is 0 Å². The maximum absolute atomic E-state index is 12.0. The van der Waals surface area contributed by atoms with Gasteiger partial charge in [-0.05, 0) is 18.1 Å². The van der Waals surface area contributed by atoms with Crippen LogP contribution in [0, 0.1) is 0 Å². The Morgan fingerprint density at radius 1 is 1.05 bits per heavy atom. The Bertz CT molecular complexity index is 680. The van der Waals surface area contributed by atoms with Gasteiger partial charge in [0.25, 0.3) is 0 Å². The fourth-order valence-electron chi connectivity index (χ4n) is 2.24. The normalized spacial score (nSPS) is 10.0. The summed E-state index contributed by atoms with van der Waals surface area (Å²) < 4.78 is 0. The van der Waals surface area contributed by atoms with Crippen molar-refractivity contribution in [1.29, 1.82) is 0 Å². The number of anilines is 1. The fourth-order valence-corrected chi connectivity index (χ4v) is 2.24. The number of rotatable bonds is 5. The largest absolute Gasteiger partial charge is 0.474 e. The Hall–Kier alpha value is -2.88. The number of hydrogen-bond donors (Lipinski definition) is 1. The summed E-state index contributed by atoms with van der Waals surface area (Å²) in [6.45, 7) is 3.90.